The monoisotopic (exact) mass is 416 g/mol. The fraction of sp³-hybridized carbons (Fsp3) is 0.389. The molecule has 0 aliphatic rings. The highest BCUT2D eigenvalue weighted by molar-refractivity contribution is 7.89. The number of hydrogen-bond acceptors (Lipinski definition) is 5. The molecule has 0 aliphatic carbocycles. The number of alkyl halides is 2. The lowest BCUT2D eigenvalue weighted by Gasteiger charge is -2.17. The standard InChI is InChI=1S/C18H22F2N2O5S/c1-4-22(5-2)28(24,25)14-10-15(21(3)11-14)17(23)26-12-13-8-6-7-9-16(13)27-18(19)20/h6-11,18H,4-5,12H2,1-3H3. The Balaban J connectivity index is 2.18. The highest BCUT2D eigenvalue weighted by Gasteiger charge is 2.26. The van der Waals surface area contributed by atoms with E-state index in [9.17, 15) is 22.0 Å². The van der Waals surface area contributed by atoms with Crippen LogP contribution in [0.5, 0.6) is 5.75 Å². The van der Waals surface area contributed by atoms with Gasteiger partial charge in [0.25, 0.3) is 0 Å². The van der Waals surface area contributed by atoms with Crippen molar-refractivity contribution in [2.75, 3.05) is 13.1 Å². The topological polar surface area (TPSA) is 77.8 Å². The molecule has 0 bridgehead atoms. The van der Waals surface area contributed by atoms with E-state index in [1.165, 1.54) is 46.4 Å². The molecule has 1 aromatic heterocycles. The summed E-state index contributed by atoms with van der Waals surface area (Å²) in [6, 6.07) is 7.18. The summed E-state index contributed by atoms with van der Waals surface area (Å²) in [5.41, 5.74) is 0.291. The molecule has 7 nitrogen and oxygen atoms in total. The molecule has 0 amide bonds. The SMILES string of the molecule is CCN(CC)S(=O)(=O)c1cc(C(=O)OCc2ccccc2OC(F)F)n(C)c1. The zero-order valence-corrected chi connectivity index (χ0v) is 16.6. The number of ether oxygens (including phenoxy) is 2. The normalized spacial score (nSPS) is 11.8. The first-order chi connectivity index (χ1) is 13.2. The van der Waals surface area contributed by atoms with Crippen LogP contribution < -0.4 is 4.74 Å². The van der Waals surface area contributed by atoms with E-state index < -0.39 is 22.6 Å². The van der Waals surface area contributed by atoms with Crippen LogP contribution in [0.4, 0.5) is 8.78 Å². The van der Waals surface area contributed by atoms with Crippen molar-refractivity contribution < 1.29 is 31.5 Å². The van der Waals surface area contributed by atoms with Gasteiger partial charge in [-0.1, -0.05) is 32.0 Å². The zero-order chi connectivity index (χ0) is 20.9. The summed E-state index contributed by atoms with van der Waals surface area (Å²) in [5.74, 6) is -0.877. The van der Waals surface area contributed by atoms with E-state index in [4.69, 9.17) is 4.74 Å². The summed E-state index contributed by atoms with van der Waals surface area (Å²) >= 11 is 0. The minimum absolute atomic E-state index is 0.0212. The lowest BCUT2D eigenvalue weighted by molar-refractivity contribution is -0.0510. The summed E-state index contributed by atoms with van der Waals surface area (Å²) in [6.07, 6.45) is 1.33. The molecule has 0 radical (unpaired) electrons. The van der Waals surface area contributed by atoms with Crippen molar-refractivity contribution in [2.45, 2.75) is 32.0 Å². The van der Waals surface area contributed by atoms with Crippen LogP contribution in [0.25, 0.3) is 0 Å². The molecule has 28 heavy (non-hydrogen) atoms. The summed E-state index contributed by atoms with van der Waals surface area (Å²) in [4.78, 5) is 12.4. The van der Waals surface area contributed by atoms with Gasteiger partial charge in [0.2, 0.25) is 10.0 Å². The quantitative estimate of drug-likeness (QED) is 0.588. The van der Waals surface area contributed by atoms with Gasteiger partial charge in [0.15, 0.2) is 0 Å². The number of halogens is 2. The molecular weight excluding hydrogens is 394 g/mol. The first-order valence-electron chi connectivity index (χ1n) is 8.57. The molecule has 1 aromatic carbocycles. The Kier molecular flexibility index (Phi) is 7.14. The third kappa shape index (κ3) is 4.87. The number of para-hydroxylation sites is 1. The molecule has 154 valence electrons. The fourth-order valence-corrected chi connectivity index (χ4v) is 4.17. The lowest BCUT2D eigenvalue weighted by atomic mass is 10.2. The number of rotatable bonds is 9. The van der Waals surface area contributed by atoms with Crippen molar-refractivity contribution in [3.63, 3.8) is 0 Å². The van der Waals surface area contributed by atoms with Crippen molar-refractivity contribution in [1.82, 2.24) is 8.87 Å². The maximum atomic E-state index is 12.6. The predicted octanol–water partition coefficient (Wildman–Crippen LogP) is 3.01. The average Bonchev–Trinajstić information content (AvgIpc) is 3.04. The molecule has 10 heteroatoms. The Morgan fingerprint density at radius 1 is 1.21 bits per heavy atom. The second-order valence-corrected chi connectivity index (χ2v) is 7.76. The van der Waals surface area contributed by atoms with E-state index in [-0.39, 0.29) is 28.5 Å². The zero-order valence-electron chi connectivity index (χ0n) is 15.8. The lowest BCUT2D eigenvalue weighted by Crippen LogP contribution is -2.30. The van der Waals surface area contributed by atoms with Crippen LogP contribution in [0.1, 0.15) is 29.9 Å². The van der Waals surface area contributed by atoms with Crippen molar-refractivity contribution in [3.8, 4) is 5.75 Å². The second kappa shape index (κ2) is 9.16. The molecule has 0 spiro atoms. The summed E-state index contributed by atoms with van der Waals surface area (Å²) in [5, 5.41) is 0. The third-order valence-electron chi connectivity index (χ3n) is 4.08. The van der Waals surface area contributed by atoms with E-state index in [0.29, 0.717) is 13.1 Å². The maximum Gasteiger partial charge on any atom is 0.387 e. The molecule has 2 rings (SSSR count). The van der Waals surface area contributed by atoms with E-state index >= 15 is 0 Å². The van der Waals surface area contributed by atoms with Crippen molar-refractivity contribution in [3.05, 3.63) is 47.8 Å². The number of esters is 1. The fourth-order valence-electron chi connectivity index (χ4n) is 2.64. The molecule has 0 unspecified atom stereocenters. The molecular formula is C18H22F2N2O5S. The van der Waals surface area contributed by atoms with Crippen LogP contribution in [-0.4, -0.2) is 43.0 Å². The molecule has 1 heterocycles. The predicted molar refractivity (Wildman–Crippen MR) is 97.7 cm³/mol. The van der Waals surface area contributed by atoms with Gasteiger partial charge in [-0.3, -0.25) is 0 Å². The van der Waals surface area contributed by atoms with E-state index in [0.717, 1.165) is 0 Å². The Labute approximate surface area is 162 Å². The smallest absolute Gasteiger partial charge is 0.387 e. The number of carbonyl (C=O) groups excluding carboxylic acids is 1. The van der Waals surface area contributed by atoms with Crippen molar-refractivity contribution in [1.29, 1.82) is 0 Å². The van der Waals surface area contributed by atoms with Crippen molar-refractivity contribution in [2.24, 2.45) is 7.05 Å². The van der Waals surface area contributed by atoms with E-state index in [1.807, 2.05) is 0 Å². The first kappa shape index (κ1) is 21.8. The highest BCUT2D eigenvalue weighted by atomic mass is 32.2. The molecule has 0 atom stereocenters. The van der Waals surface area contributed by atoms with Crippen LogP contribution in [0.2, 0.25) is 0 Å². The molecule has 0 aliphatic heterocycles. The largest absolute Gasteiger partial charge is 0.456 e. The number of sulfonamides is 1. The van der Waals surface area contributed by atoms with Gasteiger partial charge < -0.3 is 14.0 Å². The molecule has 0 fully saturated rings. The van der Waals surface area contributed by atoms with Crippen LogP contribution in [-0.2, 0) is 28.4 Å². The summed E-state index contributed by atoms with van der Waals surface area (Å²) < 4.78 is 62.3. The first-order valence-corrected chi connectivity index (χ1v) is 10.0. The van der Waals surface area contributed by atoms with Gasteiger partial charge >= 0.3 is 12.6 Å². The minimum Gasteiger partial charge on any atom is -0.456 e. The second-order valence-electron chi connectivity index (χ2n) is 5.82. The maximum absolute atomic E-state index is 12.6. The molecule has 2 aromatic rings. The Morgan fingerprint density at radius 3 is 2.46 bits per heavy atom. The Hall–Kier alpha value is -2.46. The van der Waals surface area contributed by atoms with Crippen LogP contribution in [0, 0.1) is 0 Å². The van der Waals surface area contributed by atoms with Gasteiger partial charge in [-0.2, -0.15) is 13.1 Å². The number of carbonyl (C=O) groups is 1. The Bertz CT molecular complexity index is 924. The van der Waals surface area contributed by atoms with Crippen molar-refractivity contribution >= 4 is 16.0 Å². The number of aromatic nitrogens is 1. The Morgan fingerprint density at radius 2 is 1.86 bits per heavy atom. The van der Waals surface area contributed by atoms with Crippen LogP contribution >= 0.6 is 0 Å². The van der Waals surface area contributed by atoms with Gasteiger partial charge in [0.1, 0.15) is 22.9 Å². The van der Waals surface area contributed by atoms with E-state index in [2.05, 4.69) is 4.74 Å². The molecule has 0 saturated carbocycles. The summed E-state index contributed by atoms with van der Waals surface area (Å²) in [6.45, 7) is 0.738. The van der Waals surface area contributed by atoms with Gasteiger partial charge in [0.05, 0.1) is 0 Å². The number of benzene rings is 1. The number of hydrogen-bond donors (Lipinski definition) is 0. The molecule has 0 N–H and O–H groups in total. The highest BCUT2D eigenvalue weighted by Crippen LogP contribution is 2.23. The number of nitrogens with zero attached hydrogens (tertiary/aromatic N) is 2. The summed E-state index contributed by atoms with van der Waals surface area (Å²) in [7, 11) is -2.20. The van der Waals surface area contributed by atoms with Gasteiger partial charge in [-0.15, -0.1) is 0 Å². The van der Waals surface area contributed by atoms with Gasteiger partial charge in [-0.05, 0) is 12.1 Å². The van der Waals surface area contributed by atoms with Gasteiger partial charge in [-0.25, -0.2) is 13.2 Å². The molecule has 0 saturated heterocycles. The van der Waals surface area contributed by atoms with E-state index in [1.54, 1.807) is 19.9 Å². The van der Waals surface area contributed by atoms with Crippen LogP contribution in [0.15, 0.2) is 41.4 Å². The third-order valence-corrected chi connectivity index (χ3v) is 6.09. The minimum atomic E-state index is -3.72. The van der Waals surface area contributed by atoms with Gasteiger partial charge in [0, 0.05) is 31.9 Å². The number of aryl methyl sites for hydroxylation is 1. The van der Waals surface area contributed by atoms with Crippen LogP contribution in [0.3, 0.4) is 0 Å². The average molecular weight is 416 g/mol.